The number of rotatable bonds is 9. The van der Waals surface area contributed by atoms with Crippen LogP contribution in [0, 0.1) is 0 Å². The number of aromatic nitrogens is 2. The van der Waals surface area contributed by atoms with Crippen LogP contribution in [0.2, 0.25) is 0 Å². The van der Waals surface area contributed by atoms with E-state index in [-0.39, 0.29) is 0 Å². The van der Waals surface area contributed by atoms with Gasteiger partial charge in [0.2, 0.25) is 11.9 Å². The lowest BCUT2D eigenvalue weighted by atomic mass is 10.2. The number of carbonyl (C=O) groups is 1. The molecule has 0 unspecified atom stereocenters. The average molecular weight is 431 g/mol. The molecule has 0 aromatic carbocycles. The lowest BCUT2D eigenvalue weighted by Gasteiger charge is -2.34. The van der Waals surface area contributed by atoms with Gasteiger partial charge in [0, 0.05) is 84.3 Å². The fourth-order valence-corrected chi connectivity index (χ4v) is 4.03. The minimum Gasteiger partial charge on any atom is -0.357 e. The predicted molar refractivity (Wildman–Crippen MR) is 124 cm³/mol. The van der Waals surface area contributed by atoms with Gasteiger partial charge in [0.1, 0.15) is 0 Å². The Morgan fingerprint density at radius 1 is 1.03 bits per heavy atom. The molecule has 2 aliphatic rings. The molecule has 31 heavy (non-hydrogen) atoms. The summed E-state index contributed by atoms with van der Waals surface area (Å²) in [6.45, 7) is 11.1. The van der Waals surface area contributed by atoms with Gasteiger partial charge in [-0.05, 0) is 32.3 Å². The molecule has 0 spiro atoms. The first-order valence-corrected chi connectivity index (χ1v) is 11.8. The second kappa shape index (κ2) is 13.1. The molecular weight excluding hydrogens is 392 g/mol. The smallest absolute Gasteiger partial charge is 0.225 e. The van der Waals surface area contributed by atoms with Crippen molar-refractivity contribution in [2.75, 3.05) is 70.3 Å². The van der Waals surface area contributed by atoms with Crippen molar-refractivity contribution in [2.45, 2.75) is 39.0 Å². The highest BCUT2D eigenvalue weighted by molar-refractivity contribution is 5.79. The Labute approximate surface area is 186 Å². The van der Waals surface area contributed by atoms with Crippen LogP contribution in [0.3, 0.4) is 0 Å². The molecule has 172 valence electrons. The third-order valence-electron chi connectivity index (χ3n) is 5.80. The summed E-state index contributed by atoms with van der Waals surface area (Å²) in [5.41, 5.74) is 0. The van der Waals surface area contributed by atoms with E-state index in [2.05, 4.69) is 37.3 Å². The summed E-state index contributed by atoms with van der Waals surface area (Å²) in [5.74, 6) is 2.00. The van der Waals surface area contributed by atoms with Crippen LogP contribution in [0.25, 0.3) is 0 Å². The summed E-state index contributed by atoms with van der Waals surface area (Å²) in [4.78, 5) is 32.2. The first kappa shape index (κ1) is 23.2. The van der Waals surface area contributed by atoms with Crippen molar-refractivity contribution in [2.24, 2.45) is 4.99 Å². The summed E-state index contributed by atoms with van der Waals surface area (Å²) in [7, 11) is 0. The molecule has 0 saturated carbocycles. The highest BCUT2D eigenvalue weighted by atomic mass is 16.2. The monoisotopic (exact) mass is 430 g/mol. The van der Waals surface area contributed by atoms with Crippen LogP contribution in [0.4, 0.5) is 5.95 Å². The molecule has 1 aromatic heterocycles. The molecule has 0 atom stereocenters. The van der Waals surface area contributed by atoms with Crippen LogP contribution in [0.15, 0.2) is 23.5 Å². The normalized spacial score (nSPS) is 18.7. The lowest BCUT2D eigenvalue weighted by Crippen LogP contribution is -2.49. The first-order valence-electron chi connectivity index (χ1n) is 11.8. The molecule has 9 nitrogen and oxygen atoms in total. The number of anilines is 1. The number of amides is 1. The van der Waals surface area contributed by atoms with Crippen molar-refractivity contribution in [1.82, 2.24) is 30.4 Å². The Morgan fingerprint density at radius 2 is 1.84 bits per heavy atom. The number of hydrogen-bond donors (Lipinski definition) is 2. The topological polar surface area (TPSA) is 89.0 Å². The summed E-state index contributed by atoms with van der Waals surface area (Å²) >= 11 is 0. The Bertz CT molecular complexity index is 675. The third-order valence-corrected chi connectivity index (χ3v) is 5.80. The highest BCUT2D eigenvalue weighted by Crippen LogP contribution is 2.11. The average Bonchev–Trinajstić information content (AvgIpc) is 3.01. The first-order chi connectivity index (χ1) is 15.3. The summed E-state index contributed by atoms with van der Waals surface area (Å²) < 4.78 is 0. The van der Waals surface area contributed by atoms with E-state index in [9.17, 15) is 4.79 Å². The lowest BCUT2D eigenvalue weighted by molar-refractivity contribution is -0.130. The van der Waals surface area contributed by atoms with Gasteiger partial charge in [-0.25, -0.2) is 9.97 Å². The third kappa shape index (κ3) is 7.97. The Balaban J connectivity index is 1.33. The predicted octanol–water partition coefficient (Wildman–Crippen LogP) is 0.946. The summed E-state index contributed by atoms with van der Waals surface area (Å²) in [5, 5.41) is 6.77. The number of guanidine groups is 1. The van der Waals surface area contributed by atoms with Crippen LogP contribution < -0.4 is 15.5 Å². The maximum absolute atomic E-state index is 12.1. The highest BCUT2D eigenvalue weighted by Gasteiger charge is 2.18. The van der Waals surface area contributed by atoms with Gasteiger partial charge in [-0.2, -0.15) is 0 Å². The molecule has 2 aliphatic heterocycles. The van der Waals surface area contributed by atoms with Crippen molar-refractivity contribution in [3.05, 3.63) is 18.5 Å². The molecule has 9 heteroatoms. The second-order valence-electron chi connectivity index (χ2n) is 8.11. The fraction of sp³-hybridized carbons (Fsp3) is 0.727. The van der Waals surface area contributed by atoms with E-state index >= 15 is 0 Å². The van der Waals surface area contributed by atoms with E-state index in [1.54, 1.807) is 12.4 Å². The molecule has 2 fully saturated rings. The molecular formula is C22H38N8O. The van der Waals surface area contributed by atoms with E-state index in [0.29, 0.717) is 12.3 Å². The molecule has 0 radical (unpaired) electrons. The Kier molecular flexibility index (Phi) is 9.82. The molecule has 3 heterocycles. The van der Waals surface area contributed by atoms with E-state index < -0.39 is 0 Å². The number of likely N-dealkylation sites (tertiary alicyclic amines) is 1. The van der Waals surface area contributed by atoms with Crippen LogP contribution in [0.1, 0.15) is 39.0 Å². The SMILES string of the molecule is CCNC(=NCCCN1CCCCCC1=O)NCCN1CCN(c2ncccn2)CC1. The fourth-order valence-electron chi connectivity index (χ4n) is 4.03. The van der Waals surface area contributed by atoms with Crippen LogP contribution in [-0.4, -0.2) is 97.1 Å². The van der Waals surface area contributed by atoms with Gasteiger partial charge in [0.15, 0.2) is 5.96 Å². The minimum atomic E-state index is 0.311. The van der Waals surface area contributed by atoms with E-state index in [4.69, 9.17) is 4.99 Å². The Hall–Kier alpha value is -2.42. The molecule has 2 saturated heterocycles. The van der Waals surface area contributed by atoms with E-state index in [1.165, 1.54) is 6.42 Å². The number of piperazine rings is 1. The molecule has 1 amide bonds. The summed E-state index contributed by atoms with van der Waals surface area (Å²) in [6, 6.07) is 1.85. The molecule has 0 aliphatic carbocycles. The zero-order chi connectivity index (χ0) is 21.7. The van der Waals surface area contributed by atoms with Crippen molar-refractivity contribution in [3.8, 4) is 0 Å². The molecule has 0 bridgehead atoms. The number of hydrogen-bond acceptors (Lipinski definition) is 6. The largest absolute Gasteiger partial charge is 0.357 e. The van der Waals surface area contributed by atoms with Gasteiger partial charge in [0.25, 0.3) is 0 Å². The van der Waals surface area contributed by atoms with Gasteiger partial charge >= 0.3 is 0 Å². The maximum atomic E-state index is 12.1. The van der Waals surface area contributed by atoms with Gasteiger partial charge in [0.05, 0.1) is 0 Å². The molecule has 2 N–H and O–H groups in total. The van der Waals surface area contributed by atoms with Crippen molar-refractivity contribution in [3.63, 3.8) is 0 Å². The standard InChI is InChI=1S/C22H38N8O/c1-2-23-21(24-11-7-14-29-13-5-3-4-8-20(29)31)25-12-15-28-16-18-30(19-17-28)22-26-9-6-10-27-22/h6,9-10H,2-5,7-8,11-19H2,1H3,(H2,23,24,25). The van der Waals surface area contributed by atoms with Gasteiger partial charge in [-0.3, -0.25) is 14.7 Å². The van der Waals surface area contributed by atoms with Crippen LogP contribution >= 0.6 is 0 Å². The summed E-state index contributed by atoms with van der Waals surface area (Å²) in [6.07, 6.45) is 8.55. The van der Waals surface area contributed by atoms with Crippen molar-refractivity contribution < 1.29 is 4.79 Å². The number of nitrogens with zero attached hydrogens (tertiary/aromatic N) is 6. The maximum Gasteiger partial charge on any atom is 0.225 e. The number of carbonyl (C=O) groups excluding carboxylic acids is 1. The molecule has 3 rings (SSSR count). The quantitative estimate of drug-likeness (QED) is 0.342. The van der Waals surface area contributed by atoms with Crippen LogP contribution in [0.5, 0.6) is 0 Å². The zero-order valence-corrected chi connectivity index (χ0v) is 18.9. The van der Waals surface area contributed by atoms with Gasteiger partial charge in [-0.1, -0.05) is 6.42 Å². The zero-order valence-electron chi connectivity index (χ0n) is 18.9. The van der Waals surface area contributed by atoms with E-state index in [0.717, 1.165) is 96.6 Å². The van der Waals surface area contributed by atoms with Gasteiger partial charge in [-0.15, -0.1) is 0 Å². The Morgan fingerprint density at radius 3 is 2.61 bits per heavy atom. The number of nitrogens with one attached hydrogen (secondary N) is 2. The van der Waals surface area contributed by atoms with Crippen LogP contribution in [-0.2, 0) is 4.79 Å². The second-order valence-corrected chi connectivity index (χ2v) is 8.11. The number of aliphatic imine (C=N–C) groups is 1. The van der Waals surface area contributed by atoms with E-state index in [1.807, 2.05) is 11.0 Å². The van der Waals surface area contributed by atoms with Gasteiger partial charge < -0.3 is 20.4 Å². The minimum absolute atomic E-state index is 0.311. The van der Waals surface area contributed by atoms with Crippen molar-refractivity contribution in [1.29, 1.82) is 0 Å². The van der Waals surface area contributed by atoms with Crippen molar-refractivity contribution >= 4 is 17.8 Å². The molecule has 1 aromatic rings.